The zero-order valence-electron chi connectivity index (χ0n) is 8.11. The SMILES string of the molecule is OB(O)c1ccccc1Cn1ccnc1. The van der Waals surface area contributed by atoms with Crippen LogP contribution in [0.3, 0.4) is 0 Å². The molecule has 1 aromatic heterocycles. The van der Waals surface area contributed by atoms with E-state index in [1.54, 1.807) is 24.7 Å². The Morgan fingerprint density at radius 3 is 2.73 bits per heavy atom. The van der Waals surface area contributed by atoms with Gasteiger partial charge in [-0.2, -0.15) is 0 Å². The van der Waals surface area contributed by atoms with E-state index in [2.05, 4.69) is 4.98 Å². The van der Waals surface area contributed by atoms with Crippen molar-refractivity contribution in [1.82, 2.24) is 9.55 Å². The molecule has 2 aromatic rings. The number of benzene rings is 1. The smallest absolute Gasteiger partial charge is 0.423 e. The summed E-state index contributed by atoms with van der Waals surface area (Å²) in [6, 6.07) is 7.23. The van der Waals surface area contributed by atoms with Crippen LogP contribution in [-0.4, -0.2) is 26.7 Å². The molecule has 0 aliphatic heterocycles. The largest absolute Gasteiger partial charge is 0.488 e. The maximum atomic E-state index is 9.16. The molecule has 0 saturated carbocycles. The van der Waals surface area contributed by atoms with Crippen molar-refractivity contribution >= 4 is 12.6 Å². The molecule has 1 heterocycles. The first-order valence-corrected chi connectivity index (χ1v) is 4.67. The summed E-state index contributed by atoms with van der Waals surface area (Å²) in [5.74, 6) is 0. The Hall–Kier alpha value is -1.59. The molecular formula is C10H11BN2O2. The van der Waals surface area contributed by atoms with Crippen LogP contribution in [0.1, 0.15) is 5.56 Å². The molecule has 0 bridgehead atoms. The van der Waals surface area contributed by atoms with Crippen molar-refractivity contribution in [2.75, 3.05) is 0 Å². The van der Waals surface area contributed by atoms with Crippen LogP contribution in [0.2, 0.25) is 0 Å². The standard InChI is InChI=1S/C10H11BN2O2/c14-11(15)10-4-2-1-3-9(10)7-13-6-5-12-8-13/h1-6,8,14-15H,7H2. The van der Waals surface area contributed by atoms with E-state index >= 15 is 0 Å². The minimum Gasteiger partial charge on any atom is -0.423 e. The first-order valence-electron chi connectivity index (χ1n) is 4.67. The fourth-order valence-corrected chi connectivity index (χ4v) is 1.51. The molecule has 5 heteroatoms. The van der Waals surface area contributed by atoms with Gasteiger partial charge >= 0.3 is 7.12 Å². The highest BCUT2D eigenvalue weighted by Gasteiger charge is 2.14. The highest BCUT2D eigenvalue weighted by atomic mass is 16.4. The average Bonchev–Trinajstić information content (AvgIpc) is 2.71. The lowest BCUT2D eigenvalue weighted by Crippen LogP contribution is -2.33. The average molecular weight is 202 g/mol. The Bertz CT molecular complexity index is 429. The third-order valence-corrected chi connectivity index (χ3v) is 2.25. The van der Waals surface area contributed by atoms with E-state index < -0.39 is 7.12 Å². The number of hydrogen-bond donors (Lipinski definition) is 2. The zero-order chi connectivity index (χ0) is 10.7. The molecule has 0 amide bonds. The van der Waals surface area contributed by atoms with Crippen LogP contribution in [-0.2, 0) is 6.54 Å². The van der Waals surface area contributed by atoms with Gasteiger partial charge in [0, 0.05) is 18.9 Å². The lowest BCUT2D eigenvalue weighted by Gasteiger charge is -2.08. The lowest BCUT2D eigenvalue weighted by molar-refractivity contribution is 0.425. The highest BCUT2D eigenvalue weighted by Crippen LogP contribution is 2.00. The second-order valence-corrected chi connectivity index (χ2v) is 3.31. The zero-order valence-corrected chi connectivity index (χ0v) is 8.11. The molecule has 2 rings (SSSR count). The summed E-state index contributed by atoms with van der Waals surface area (Å²) in [4.78, 5) is 3.93. The molecule has 15 heavy (non-hydrogen) atoms. The maximum Gasteiger partial charge on any atom is 0.488 e. The summed E-state index contributed by atoms with van der Waals surface area (Å²) in [6.45, 7) is 0.591. The molecule has 2 N–H and O–H groups in total. The van der Waals surface area contributed by atoms with Gasteiger partial charge in [-0.15, -0.1) is 0 Å². The molecule has 0 aliphatic carbocycles. The Morgan fingerprint density at radius 2 is 2.07 bits per heavy atom. The summed E-state index contributed by atoms with van der Waals surface area (Å²) in [6.07, 6.45) is 5.22. The molecule has 0 fully saturated rings. The van der Waals surface area contributed by atoms with Gasteiger partial charge in [0.05, 0.1) is 6.33 Å². The Balaban J connectivity index is 2.28. The number of aromatic nitrogens is 2. The molecule has 1 aromatic carbocycles. The van der Waals surface area contributed by atoms with Crippen LogP contribution in [0.25, 0.3) is 0 Å². The van der Waals surface area contributed by atoms with Crippen molar-refractivity contribution in [3.05, 3.63) is 48.5 Å². The monoisotopic (exact) mass is 202 g/mol. The summed E-state index contributed by atoms with van der Waals surface area (Å²) >= 11 is 0. The van der Waals surface area contributed by atoms with E-state index in [4.69, 9.17) is 10.0 Å². The summed E-state index contributed by atoms with van der Waals surface area (Å²) < 4.78 is 1.88. The summed E-state index contributed by atoms with van der Waals surface area (Å²) in [7, 11) is -1.43. The van der Waals surface area contributed by atoms with Crippen molar-refractivity contribution in [2.45, 2.75) is 6.54 Å². The predicted molar refractivity (Wildman–Crippen MR) is 57.6 cm³/mol. The van der Waals surface area contributed by atoms with E-state index in [9.17, 15) is 0 Å². The number of imidazole rings is 1. The van der Waals surface area contributed by atoms with Crippen molar-refractivity contribution in [1.29, 1.82) is 0 Å². The van der Waals surface area contributed by atoms with Crippen molar-refractivity contribution < 1.29 is 10.0 Å². The highest BCUT2D eigenvalue weighted by molar-refractivity contribution is 6.59. The van der Waals surface area contributed by atoms with Crippen LogP contribution < -0.4 is 5.46 Å². The van der Waals surface area contributed by atoms with Gasteiger partial charge in [0.1, 0.15) is 0 Å². The molecule has 0 unspecified atom stereocenters. The fourth-order valence-electron chi connectivity index (χ4n) is 1.51. The van der Waals surface area contributed by atoms with Crippen LogP contribution >= 0.6 is 0 Å². The quantitative estimate of drug-likeness (QED) is 0.666. The first-order chi connectivity index (χ1) is 7.27. The van der Waals surface area contributed by atoms with E-state index in [0.29, 0.717) is 12.0 Å². The molecule has 4 nitrogen and oxygen atoms in total. The normalized spacial score (nSPS) is 10.3. The molecule has 0 aliphatic rings. The van der Waals surface area contributed by atoms with E-state index in [-0.39, 0.29) is 0 Å². The topological polar surface area (TPSA) is 58.3 Å². The van der Waals surface area contributed by atoms with Gasteiger partial charge < -0.3 is 14.6 Å². The molecule has 0 radical (unpaired) electrons. The molecular weight excluding hydrogens is 191 g/mol. The van der Waals surface area contributed by atoms with Crippen molar-refractivity contribution in [3.63, 3.8) is 0 Å². The van der Waals surface area contributed by atoms with Crippen molar-refractivity contribution in [2.24, 2.45) is 0 Å². The van der Waals surface area contributed by atoms with Gasteiger partial charge in [0.15, 0.2) is 0 Å². The number of rotatable bonds is 3. The maximum absolute atomic E-state index is 9.16. The van der Waals surface area contributed by atoms with Crippen LogP contribution in [0.5, 0.6) is 0 Å². The van der Waals surface area contributed by atoms with Gasteiger partial charge in [0.2, 0.25) is 0 Å². The Morgan fingerprint density at radius 1 is 1.27 bits per heavy atom. The third-order valence-electron chi connectivity index (χ3n) is 2.25. The number of nitrogens with zero attached hydrogens (tertiary/aromatic N) is 2. The van der Waals surface area contributed by atoms with E-state index in [1.807, 2.05) is 22.9 Å². The van der Waals surface area contributed by atoms with E-state index in [1.165, 1.54) is 0 Å². The van der Waals surface area contributed by atoms with Crippen LogP contribution in [0.15, 0.2) is 43.0 Å². The third kappa shape index (κ3) is 2.26. The second kappa shape index (κ2) is 4.29. The summed E-state index contributed by atoms with van der Waals surface area (Å²) in [5.41, 5.74) is 1.41. The lowest BCUT2D eigenvalue weighted by atomic mass is 9.77. The van der Waals surface area contributed by atoms with Gasteiger partial charge in [0.25, 0.3) is 0 Å². The molecule has 0 atom stereocenters. The Labute approximate surface area is 88.0 Å². The predicted octanol–water partition coefficient (Wildman–Crippen LogP) is -0.389. The van der Waals surface area contributed by atoms with Crippen LogP contribution in [0, 0.1) is 0 Å². The van der Waals surface area contributed by atoms with Gasteiger partial charge in [-0.1, -0.05) is 24.3 Å². The van der Waals surface area contributed by atoms with Crippen molar-refractivity contribution in [3.8, 4) is 0 Å². The minimum absolute atomic E-state index is 0.534. The summed E-state index contributed by atoms with van der Waals surface area (Å²) in [5, 5.41) is 18.3. The van der Waals surface area contributed by atoms with E-state index in [0.717, 1.165) is 5.56 Å². The second-order valence-electron chi connectivity index (χ2n) is 3.31. The van der Waals surface area contributed by atoms with Gasteiger partial charge in [-0.3, -0.25) is 0 Å². The molecule has 0 saturated heterocycles. The van der Waals surface area contributed by atoms with Gasteiger partial charge in [-0.25, -0.2) is 4.98 Å². The molecule has 0 spiro atoms. The first kappa shape index (κ1) is 9.95. The minimum atomic E-state index is -1.43. The van der Waals surface area contributed by atoms with Gasteiger partial charge in [-0.05, 0) is 11.0 Å². The van der Waals surface area contributed by atoms with Crippen LogP contribution in [0.4, 0.5) is 0 Å². The number of hydrogen-bond acceptors (Lipinski definition) is 3. The molecule has 76 valence electrons. The Kier molecular flexibility index (Phi) is 2.85. The fraction of sp³-hybridized carbons (Fsp3) is 0.100.